The van der Waals surface area contributed by atoms with Crippen LogP contribution >= 0.6 is 11.8 Å². The number of carbonyl (C=O) groups is 1. The summed E-state index contributed by atoms with van der Waals surface area (Å²) in [5, 5.41) is 14.9. The smallest absolute Gasteiger partial charge is 0.248 e. The number of benzene rings is 1. The number of fused-ring (bicyclic) bond motifs is 1. The van der Waals surface area contributed by atoms with E-state index in [-0.39, 0.29) is 11.9 Å². The standard InChI is InChI=1S/C19H25N7OS/c1-28-12-9-16(17-21-14-7-3-4-8-15(14)22-17)23-18(27)19(10-5-2-6-11-19)26-13-20-24-25-26/h3-4,7-8,13,16H,2,5-6,9-12H2,1H3,(H,21,22)(H,23,27)/t16-/m0/s1. The van der Waals surface area contributed by atoms with Crippen molar-refractivity contribution in [2.45, 2.75) is 50.1 Å². The van der Waals surface area contributed by atoms with Crippen LogP contribution in [-0.4, -0.2) is 48.1 Å². The number of rotatable bonds is 7. The molecule has 28 heavy (non-hydrogen) atoms. The zero-order chi connectivity index (χ0) is 19.4. The van der Waals surface area contributed by atoms with Gasteiger partial charge in [0.25, 0.3) is 0 Å². The minimum atomic E-state index is -0.717. The fourth-order valence-corrected chi connectivity index (χ4v) is 4.47. The van der Waals surface area contributed by atoms with Crippen LogP contribution in [0.15, 0.2) is 30.6 Å². The Kier molecular flexibility index (Phi) is 5.61. The Balaban J connectivity index is 1.62. The lowest BCUT2D eigenvalue weighted by molar-refractivity contribution is -0.133. The Morgan fingerprint density at radius 2 is 2.14 bits per heavy atom. The van der Waals surface area contributed by atoms with E-state index in [9.17, 15) is 4.79 Å². The Bertz CT molecular complexity index is 884. The fourth-order valence-electron chi connectivity index (χ4n) is 4.00. The molecule has 4 rings (SSSR count). The van der Waals surface area contributed by atoms with Gasteiger partial charge in [-0.15, -0.1) is 5.10 Å². The lowest BCUT2D eigenvalue weighted by Crippen LogP contribution is -2.51. The Morgan fingerprint density at radius 1 is 1.32 bits per heavy atom. The Labute approximate surface area is 167 Å². The van der Waals surface area contributed by atoms with E-state index in [0.717, 1.165) is 61.1 Å². The SMILES string of the molecule is CSCC[C@H](NC(=O)C1(n2cnnn2)CCCCC1)c1nc2ccccc2[nH]1. The monoisotopic (exact) mass is 399 g/mol. The summed E-state index contributed by atoms with van der Waals surface area (Å²) in [6.45, 7) is 0. The first-order valence-corrected chi connectivity index (χ1v) is 11.1. The molecule has 1 aliphatic rings. The molecule has 0 bridgehead atoms. The third kappa shape index (κ3) is 3.63. The number of nitrogens with zero attached hydrogens (tertiary/aromatic N) is 5. The molecule has 9 heteroatoms. The van der Waals surface area contributed by atoms with E-state index in [2.05, 4.69) is 32.1 Å². The molecule has 1 saturated carbocycles. The predicted molar refractivity (Wildman–Crippen MR) is 109 cm³/mol. The van der Waals surface area contributed by atoms with Crippen LogP contribution in [0.2, 0.25) is 0 Å². The van der Waals surface area contributed by atoms with Gasteiger partial charge in [-0.1, -0.05) is 31.4 Å². The van der Waals surface area contributed by atoms with Crippen molar-refractivity contribution in [1.29, 1.82) is 0 Å². The quantitative estimate of drug-likeness (QED) is 0.633. The van der Waals surface area contributed by atoms with Crippen LogP contribution in [0.3, 0.4) is 0 Å². The number of aromatic amines is 1. The maximum Gasteiger partial charge on any atom is 0.248 e. The molecule has 0 radical (unpaired) electrons. The van der Waals surface area contributed by atoms with E-state index in [1.54, 1.807) is 22.8 Å². The normalized spacial score (nSPS) is 17.5. The zero-order valence-electron chi connectivity index (χ0n) is 16.0. The van der Waals surface area contributed by atoms with Crippen LogP contribution in [0.1, 0.15) is 50.4 Å². The molecule has 2 aromatic heterocycles. The van der Waals surface area contributed by atoms with Gasteiger partial charge in [-0.25, -0.2) is 9.67 Å². The summed E-state index contributed by atoms with van der Waals surface area (Å²) >= 11 is 1.76. The first-order valence-electron chi connectivity index (χ1n) is 9.71. The summed E-state index contributed by atoms with van der Waals surface area (Å²) in [4.78, 5) is 21.6. The summed E-state index contributed by atoms with van der Waals surface area (Å²) in [6, 6.07) is 7.75. The highest BCUT2D eigenvalue weighted by Crippen LogP contribution is 2.35. The van der Waals surface area contributed by atoms with Gasteiger partial charge in [-0.2, -0.15) is 11.8 Å². The highest BCUT2D eigenvalue weighted by molar-refractivity contribution is 7.98. The molecule has 0 spiro atoms. The molecular weight excluding hydrogens is 374 g/mol. The van der Waals surface area contributed by atoms with Gasteiger partial charge in [-0.3, -0.25) is 4.79 Å². The van der Waals surface area contributed by atoms with Crippen LogP contribution in [-0.2, 0) is 10.3 Å². The van der Waals surface area contributed by atoms with E-state index in [1.807, 2.05) is 24.3 Å². The van der Waals surface area contributed by atoms with Crippen molar-refractivity contribution in [3.8, 4) is 0 Å². The molecule has 0 aliphatic heterocycles. The number of carbonyl (C=O) groups excluding carboxylic acids is 1. The number of aromatic nitrogens is 6. The van der Waals surface area contributed by atoms with Crippen LogP contribution in [0.4, 0.5) is 0 Å². The highest BCUT2D eigenvalue weighted by Gasteiger charge is 2.43. The number of para-hydroxylation sites is 2. The highest BCUT2D eigenvalue weighted by atomic mass is 32.2. The average Bonchev–Trinajstić information content (AvgIpc) is 3.41. The molecule has 0 saturated heterocycles. The van der Waals surface area contributed by atoms with Crippen molar-refractivity contribution in [2.75, 3.05) is 12.0 Å². The second kappa shape index (κ2) is 8.30. The number of thioether (sulfide) groups is 1. The summed E-state index contributed by atoms with van der Waals surface area (Å²) in [5.74, 6) is 1.71. The largest absolute Gasteiger partial charge is 0.344 e. The molecule has 1 atom stereocenters. The zero-order valence-corrected chi connectivity index (χ0v) is 16.8. The number of H-pyrrole nitrogens is 1. The van der Waals surface area contributed by atoms with Crippen LogP contribution in [0, 0.1) is 0 Å². The topological polar surface area (TPSA) is 101 Å². The van der Waals surface area contributed by atoms with Crippen LogP contribution in [0.5, 0.6) is 0 Å². The first-order chi connectivity index (χ1) is 13.7. The van der Waals surface area contributed by atoms with E-state index < -0.39 is 5.54 Å². The lowest BCUT2D eigenvalue weighted by Gasteiger charge is -2.36. The number of tetrazole rings is 1. The maximum absolute atomic E-state index is 13.5. The van der Waals surface area contributed by atoms with Crippen molar-refractivity contribution in [3.05, 3.63) is 36.4 Å². The van der Waals surface area contributed by atoms with Gasteiger partial charge < -0.3 is 10.3 Å². The molecule has 1 aromatic carbocycles. The van der Waals surface area contributed by atoms with Crippen LogP contribution < -0.4 is 5.32 Å². The molecule has 0 unspecified atom stereocenters. The third-order valence-corrected chi connectivity index (χ3v) is 6.19. The number of imidazole rings is 1. The fraction of sp³-hybridized carbons (Fsp3) is 0.526. The van der Waals surface area contributed by atoms with Gasteiger partial charge in [0.15, 0.2) is 0 Å². The summed E-state index contributed by atoms with van der Waals surface area (Å²) in [6.07, 6.45) is 9.05. The van der Waals surface area contributed by atoms with Crippen molar-refractivity contribution >= 4 is 28.7 Å². The molecule has 1 fully saturated rings. The third-order valence-electron chi connectivity index (χ3n) is 5.54. The molecule has 8 nitrogen and oxygen atoms in total. The molecule has 1 amide bonds. The van der Waals surface area contributed by atoms with Gasteiger partial charge >= 0.3 is 0 Å². The summed E-state index contributed by atoms with van der Waals surface area (Å²) < 4.78 is 1.64. The van der Waals surface area contributed by atoms with Gasteiger partial charge in [0.1, 0.15) is 17.7 Å². The van der Waals surface area contributed by atoms with Crippen molar-refractivity contribution in [3.63, 3.8) is 0 Å². The summed E-state index contributed by atoms with van der Waals surface area (Å²) in [5.41, 5.74) is 1.17. The molecule has 3 aromatic rings. The maximum atomic E-state index is 13.5. The van der Waals surface area contributed by atoms with Gasteiger partial charge in [-0.05, 0) is 53.8 Å². The number of hydrogen-bond acceptors (Lipinski definition) is 6. The predicted octanol–water partition coefficient (Wildman–Crippen LogP) is 2.82. The van der Waals surface area contributed by atoms with Crippen molar-refractivity contribution < 1.29 is 4.79 Å². The van der Waals surface area contributed by atoms with Gasteiger partial charge in [0.2, 0.25) is 5.91 Å². The van der Waals surface area contributed by atoms with Gasteiger partial charge in [0.05, 0.1) is 17.1 Å². The van der Waals surface area contributed by atoms with E-state index in [4.69, 9.17) is 4.98 Å². The Morgan fingerprint density at radius 3 is 2.86 bits per heavy atom. The Hall–Kier alpha value is -2.42. The number of hydrogen-bond donors (Lipinski definition) is 2. The van der Waals surface area contributed by atoms with Crippen molar-refractivity contribution in [2.24, 2.45) is 0 Å². The molecule has 148 valence electrons. The van der Waals surface area contributed by atoms with E-state index >= 15 is 0 Å². The van der Waals surface area contributed by atoms with E-state index in [1.165, 1.54) is 0 Å². The minimum absolute atomic E-state index is 0.0222. The van der Waals surface area contributed by atoms with Crippen LogP contribution in [0.25, 0.3) is 11.0 Å². The van der Waals surface area contributed by atoms with E-state index in [0.29, 0.717) is 0 Å². The number of nitrogens with one attached hydrogen (secondary N) is 2. The molecule has 2 N–H and O–H groups in total. The molecule has 2 heterocycles. The summed E-state index contributed by atoms with van der Waals surface area (Å²) in [7, 11) is 0. The second-order valence-electron chi connectivity index (χ2n) is 7.29. The second-order valence-corrected chi connectivity index (χ2v) is 8.28. The van der Waals surface area contributed by atoms with Crippen molar-refractivity contribution in [1.82, 2.24) is 35.5 Å². The molecule has 1 aliphatic carbocycles. The lowest BCUT2D eigenvalue weighted by atomic mass is 9.80. The van der Waals surface area contributed by atoms with Gasteiger partial charge in [0, 0.05) is 0 Å². The first kappa shape index (κ1) is 18.9. The molecular formula is C19H25N7OS. The minimum Gasteiger partial charge on any atom is -0.344 e. The number of amides is 1. The average molecular weight is 400 g/mol.